The maximum atomic E-state index is 12.1. The van der Waals surface area contributed by atoms with Crippen LogP contribution in [0.3, 0.4) is 0 Å². The van der Waals surface area contributed by atoms with E-state index in [1.807, 2.05) is 0 Å². The van der Waals surface area contributed by atoms with Crippen LogP contribution in [0.1, 0.15) is 0 Å². The molecule has 0 aliphatic rings. The molecule has 0 aliphatic carbocycles. The summed E-state index contributed by atoms with van der Waals surface area (Å²) in [6, 6.07) is 6.33. The maximum absolute atomic E-state index is 12.1. The number of para-hydroxylation sites is 1. The van der Waals surface area contributed by atoms with Crippen LogP contribution in [-0.4, -0.2) is 26.0 Å². The second-order valence-corrected chi connectivity index (χ2v) is 7.58. The molecule has 1 aromatic rings. The van der Waals surface area contributed by atoms with Gasteiger partial charge in [-0.15, -0.1) is 0 Å². The summed E-state index contributed by atoms with van der Waals surface area (Å²) < 4.78 is 41.7. The van der Waals surface area contributed by atoms with Gasteiger partial charge >= 0.3 is 9.24 Å². The van der Waals surface area contributed by atoms with Crippen LogP contribution in [0.4, 0.5) is 0 Å². The fourth-order valence-corrected chi connectivity index (χ4v) is 4.65. The second kappa shape index (κ2) is 4.60. The molecule has 1 rings (SSSR count). The van der Waals surface area contributed by atoms with Gasteiger partial charge in [-0.2, -0.15) is 8.42 Å². The van der Waals surface area contributed by atoms with Crippen molar-refractivity contribution in [2.75, 3.05) is 13.4 Å². The Hall–Kier alpha value is -0.790. The van der Waals surface area contributed by atoms with Crippen molar-refractivity contribution in [1.82, 2.24) is 0 Å². The van der Waals surface area contributed by atoms with Crippen LogP contribution in [0, 0.1) is 0 Å². The van der Waals surface area contributed by atoms with Gasteiger partial charge in [-0.1, -0.05) is 15.9 Å². The van der Waals surface area contributed by atoms with Crippen molar-refractivity contribution < 1.29 is 17.4 Å². The highest BCUT2D eigenvalue weighted by atomic mass is 35.7. The highest BCUT2D eigenvalue weighted by Crippen LogP contribution is 2.25. The third-order valence-corrected chi connectivity index (χ3v) is 5.22. The molecule has 90 valence electrons. The number of methoxy groups -OCH3 is 1. The van der Waals surface area contributed by atoms with Gasteiger partial charge in [0, 0.05) is 16.9 Å². The Morgan fingerprint density at radius 3 is 2.31 bits per heavy atom. The predicted molar refractivity (Wildman–Crippen MR) is 62.5 cm³/mol. The van der Waals surface area contributed by atoms with Gasteiger partial charge < -0.3 is 4.74 Å². The number of hydrogen-bond acceptors (Lipinski definition) is 4. The molecule has 0 amide bonds. The Bertz CT molecular complexity index is 602. The van der Waals surface area contributed by atoms with Gasteiger partial charge in [0.05, 0.1) is 21.7 Å². The molecule has 0 fully saturated rings. The minimum atomic E-state index is -4.19. The number of benzene rings is 1. The Labute approximate surface area is 99.1 Å². The van der Waals surface area contributed by atoms with Gasteiger partial charge in [0.1, 0.15) is 5.75 Å². The fourth-order valence-electron chi connectivity index (χ4n) is 1.14. The van der Waals surface area contributed by atoms with E-state index in [-0.39, 0.29) is 4.90 Å². The smallest absolute Gasteiger partial charge is 0.347 e. The molecule has 0 bridgehead atoms. The molecule has 0 saturated heterocycles. The molecule has 8 heteroatoms. The van der Waals surface area contributed by atoms with E-state index in [1.54, 1.807) is 18.2 Å². The Kier molecular flexibility index (Phi) is 3.82. The number of hydrogen-bond donors (Lipinski definition) is 0. The van der Waals surface area contributed by atoms with Crippen molar-refractivity contribution in [2.45, 2.75) is 4.90 Å². The summed E-state index contributed by atoms with van der Waals surface area (Å²) in [6.45, 7) is 0. The van der Waals surface area contributed by atoms with Crippen molar-refractivity contribution >= 4 is 29.6 Å². The molecule has 0 N–H and O–H groups in total. The summed E-state index contributed by atoms with van der Waals surface area (Å²) in [4.78, 5) is 0.196. The molecule has 0 aliphatic heterocycles. The van der Waals surface area contributed by atoms with Crippen molar-refractivity contribution in [3.05, 3.63) is 24.3 Å². The first-order valence-electron chi connectivity index (χ1n) is 4.07. The molecule has 1 atom stereocenters. The van der Waals surface area contributed by atoms with Gasteiger partial charge in [0.25, 0.3) is 0 Å². The van der Waals surface area contributed by atoms with E-state index in [9.17, 15) is 12.6 Å². The molecular weight excluding hydrogens is 274 g/mol. The predicted octanol–water partition coefficient (Wildman–Crippen LogP) is 1.64. The molecule has 1 aromatic carbocycles. The lowest BCUT2D eigenvalue weighted by molar-refractivity contribution is 0.404. The SMILES string of the molecule is COc1ccccc1[S@@](C)(=O)=NS(=O)(=O)Cl. The number of ether oxygens (including phenoxy) is 1. The van der Waals surface area contributed by atoms with E-state index in [0.717, 1.165) is 0 Å². The zero-order valence-electron chi connectivity index (χ0n) is 8.58. The summed E-state index contributed by atoms with van der Waals surface area (Å²) in [5.41, 5.74) is 0. The minimum Gasteiger partial charge on any atom is -0.495 e. The fraction of sp³-hybridized carbons (Fsp3) is 0.250. The summed E-state index contributed by atoms with van der Waals surface area (Å²) >= 11 is 0. The van der Waals surface area contributed by atoms with Gasteiger partial charge in [0.2, 0.25) is 0 Å². The van der Waals surface area contributed by atoms with Gasteiger partial charge in [0.15, 0.2) is 0 Å². The number of halogens is 1. The average molecular weight is 284 g/mol. The Morgan fingerprint density at radius 2 is 1.81 bits per heavy atom. The van der Waals surface area contributed by atoms with Crippen molar-refractivity contribution in [3.8, 4) is 5.75 Å². The van der Waals surface area contributed by atoms with Crippen LogP contribution in [0.5, 0.6) is 5.75 Å². The van der Waals surface area contributed by atoms with Crippen LogP contribution in [0.15, 0.2) is 32.9 Å². The van der Waals surface area contributed by atoms with E-state index >= 15 is 0 Å². The first-order chi connectivity index (χ1) is 7.26. The third-order valence-electron chi connectivity index (χ3n) is 1.71. The van der Waals surface area contributed by atoms with Crippen LogP contribution in [0.2, 0.25) is 0 Å². The molecular formula is C8H10ClNO4S2. The Morgan fingerprint density at radius 1 is 1.25 bits per heavy atom. The topological polar surface area (TPSA) is 72.8 Å². The van der Waals surface area contributed by atoms with Gasteiger partial charge in [-0.3, -0.25) is 0 Å². The lowest BCUT2D eigenvalue weighted by atomic mass is 10.3. The standard InChI is InChI=1S/C8H10ClNO4S2/c1-14-7-5-3-4-6-8(7)15(2,11)10-16(9,12)13/h3-6H,1-2H3/t15-/m1/s1. The van der Waals surface area contributed by atoms with Gasteiger partial charge in [-0.25, -0.2) is 4.21 Å². The zero-order valence-corrected chi connectivity index (χ0v) is 11.0. The summed E-state index contributed by atoms with van der Waals surface area (Å²) in [6.07, 6.45) is 1.19. The molecule has 0 unspecified atom stereocenters. The lowest BCUT2D eigenvalue weighted by Crippen LogP contribution is -2.02. The average Bonchev–Trinajstić information content (AvgIpc) is 2.14. The molecule has 0 saturated carbocycles. The van der Waals surface area contributed by atoms with Crippen molar-refractivity contribution in [1.29, 1.82) is 0 Å². The summed E-state index contributed by atoms with van der Waals surface area (Å²) in [7, 11) is -0.978. The van der Waals surface area contributed by atoms with Crippen LogP contribution >= 0.6 is 10.7 Å². The zero-order chi connectivity index (χ0) is 12.4. The first-order valence-corrected chi connectivity index (χ1v) is 8.26. The van der Waals surface area contributed by atoms with Crippen LogP contribution in [-0.2, 0) is 19.0 Å². The molecule has 0 radical (unpaired) electrons. The second-order valence-electron chi connectivity index (χ2n) is 2.94. The van der Waals surface area contributed by atoms with Crippen molar-refractivity contribution in [2.24, 2.45) is 3.77 Å². The summed E-state index contributed by atoms with van der Waals surface area (Å²) in [5.74, 6) is 0.305. The molecule has 0 heterocycles. The maximum Gasteiger partial charge on any atom is 0.347 e. The first kappa shape index (κ1) is 13.3. The lowest BCUT2D eigenvalue weighted by Gasteiger charge is -2.08. The Balaban J connectivity index is 3.51. The van der Waals surface area contributed by atoms with E-state index in [4.69, 9.17) is 15.4 Å². The normalized spacial score (nSPS) is 15.2. The molecule has 0 spiro atoms. The molecule has 0 aromatic heterocycles. The summed E-state index contributed by atoms with van der Waals surface area (Å²) in [5, 5.41) is 0. The number of rotatable bonds is 3. The van der Waals surface area contributed by atoms with E-state index < -0.39 is 19.0 Å². The van der Waals surface area contributed by atoms with Crippen LogP contribution in [0.25, 0.3) is 0 Å². The van der Waals surface area contributed by atoms with Crippen LogP contribution < -0.4 is 4.74 Å². The van der Waals surface area contributed by atoms with E-state index in [0.29, 0.717) is 5.75 Å². The number of nitrogens with zero attached hydrogens (tertiary/aromatic N) is 1. The third kappa shape index (κ3) is 3.36. The van der Waals surface area contributed by atoms with E-state index in [2.05, 4.69) is 3.77 Å². The van der Waals surface area contributed by atoms with E-state index in [1.165, 1.54) is 19.4 Å². The van der Waals surface area contributed by atoms with Crippen molar-refractivity contribution in [3.63, 3.8) is 0 Å². The molecule has 16 heavy (non-hydrogen) atoms. The highest BCUT2D eigenvalue weighted by Gasteiger charge is 2.15. The quantitative estimate of drug-likeness (QED) is 0.791. The highest BCUT2D eigenvalue weighted by molar-refractivity contribution is 8.17. The minimum absolute atomic E-state index is 0.196. The van der Waals surface area contributed by atoms with Gasteiger partial charge in [-0.05, 0) is 12.1 Å². The molecule has 5 nitrogen and oxygen atoms in total. The largest absolute Gasteiger partial charge is 0.495 e. The monoisotopic (exact) mass is 283 g/mol.